The van der Waals surface area contributed by atoms with E-state index in [1.807, 2.05) is 6.92 Å². The molecule has 1 rings (SSSR count). The number of Topliss-reactive ketones (excluding diaryl/α,β-unsaturated/α-hetero) is 1. The number of benzene rings is 1. The zero-order valence-electron chi connectivity index (χ0n) is 10.8. The highest BCUT2D eigenvalue weighted by Gasteiger charge is 2.09. The normalized spacial score (nSPS) is 10.2. The number of ketones is 1. The summed E-state index contributed by atoms with van der Waals surface area (Å²) in [7, 11) is 0. The van der Waals surface area contributed by atoms with E-state index >= 15 is 0 Å². The van der Waals surface area contributed by atoms with E-state index in [-0.39, 0.29) is 12.2 Å². The summed E-state index contributed by atoms with van der Waals surface area (Å²) in [4.78, 5) is 22.3. The Balaban J connectivity index is 2.53. The number of carboxylic acids is 1. The molecule has 0 heterocycles. The third-order valence-electron chi connectivity index (χ3n) is 2.60. The Kier molecular flexibility index (Phi) is 6.56. The summed E-state index contributed by atoms with van der Waals surface area (Å²) in [6, 6.07) is 5.23. The van der Waals surface area contributed by atoms with E-state index in [1.165, 1.54) is 0 Å². The summed E-state index contributed by atoms with van der Waals surface area (Å²) in [5, 5.41) is 8.51. The fourth-order valence-electron chi connectivity index (χ4n) is 1.65. The van der Waals surface area contributed by atoms with Gasteiger partial charge in [-0.15, -0.1) is 0 Å². The molecular weight excluding hydrogens is 312 g/mol. The van der Waals surface area contributed by atoms with E-state index in [0.29, 0.717) is 37.2 Å². The molecule has 19 heavy (non-hydrogen) atoms. The van der Waals surface area contributed by atoms with Crippen molar-refractivity contribution in [2.45, 2.75) is 32.6 Å². The molecule has 0 amide bonds. The van der Waals surface area contributed by atoms with Crippen LogP contribution in [0.25, 0.3) is 0 Å². The molecule has 0 aliphatic carbocycles. The van der Waals surface area contributed by atoms with Gasteiger partial charge in [-0.1, -0.05) is 0 Å². The predicted octanol–water partition coefficient (Wildman–Crippen LogP) is 3.68. The van der Waals surface area contributed by atoms with Crippen LogP contribution in [0.3, 0.4) is 0 Å². The van der Waals surface area contributed by atoms with Crippen LogP contribution in [-0.4, -0.2) is 23.5 Å². The second-order valence-corrected chi connectivity index (χ2v) is 4.96. The quantitative estimate of drug-likeness (QED) is 0.584. The number of carboxylic acid groups (broad SMARTS) is 1. The number of unbranched alkanes of at least 4 members (excludes halogenated alkanes) is 1. The van der Waals surface area contributed by atoms with Gasteiger partial charge in [-0.3, -0.25) is 9.59 Å². The lowest BCUT2D eigenvalue weighted by Gasteiger charge is -2.07. The number of rotatable bonds is 8. The number of carbonyl (C=O) groups is 2. The van der Waals surface area contributed by atoms with Crippen LogP contribution in [0.1, 0.15) is 43.0 Å². The van der Waals surface area contributed by atoms with Crippen LogP contribution in [0.5, 0.6) is 5.75 Å². The first-order valence-corrected chi connectivity index (χ1v) is 7.01. The highest BCUT2D eigenvalue weighted by Crippen LogP contribution is 2.26. The fourth-order valence-corrected chi connectivity index (χ4v) is 2.15. The van der Waals surface area contributed by atoms with Crippen LogP contribution in [0.4, 0.5) is 0 Å². The molecule has 0 unspecified atom stereocenters. The second-order valence-electron chi connectivity index (χ2n) is 4.10. The summed E-state index contributed by atoms with van der Waals surface area (Å²) in [6.07, 6.45) is 1.60. The number of carbonyl (C=O) groups excluding carboxylic acids is 1. The van der Waals surface area contributed by atoms with Crippen LogP contribution < -0.4 is 4.74 Å². The maximum Gasteiger partial charge on any atom is 0.303 e. The van der Waals surface area contributed by atoms with E-state index in [1.54, 1.807) is 18.2 Å². The summed E-state index contributed by atoms with van der Waals surface area (Å²) >= 11 is 3.36. The van der Waals surface area contributed by atoms with Crippen molar-refractivity contribution in [3.63, 3.8) is 0 Å². The first-order valence-electron chi connectivity index (χ1n) is 6.22. The Labute approximate surface area is 120 Å². The minimum absolute atomic E-state index is 0.0223. The topological polar surface area (TPSA) is 63.6 Å². The van der Waals surface area contributed by atoms with Gasteiger partial charge in [0.25, 0.3) is 0 Å². The minimum atomic E-state index is -0.823. The van der Waals surface area contributed by atoms with Crippen LogP contribution in [0.15, 0.2) is 22.7 Å². The van der Waals surface area contributed by atoms with E-state index in [0.717, 1.165) is 4.47 Å². The monoisotopic (exact) mass is 328 g/mol. The molecule has 0 fully saturated rings. The van der Waals surface area contributed by atoms with Gasteiger partial charge in [-0.25, -0.2) is 0 Å². The van der Waals surface area contributed by atoms with Crippen molar-refractivity contribution in [1.29, 1.82) is 0 Å². The van der Waals surface area contributed by atoms with Crippen LogP contribution in [0, 0.1) is 0 Å². The molecule has 0 aliphatic rings. The number of hydrogen-bond donors (Lipinski definition) is 1. The van der Waals surface area contributed by atoms with Crippen molar-refractivity contribution in [2.75, 3.05) is 6.61 Å². The zero-order valence-corrected chi connectivity index (χ0v) is 12.4. The Morgan fingerprint density at radius 2 is 1.95 bits per heavy atom. The summed E-state index contributed by atoms with van der Waals surface area (Å²) in [5.41, 5.74) is 0.616. The molecule has 0 saturated heterocycles. The SMILES string of the molecule is CCOc1ccc(C(=O)CCCCC(=O)O)cc1Br. The molecule has 0 atom stereocenters. The number of ether oxygens (including phenoxy) is 1. The first kappa shape index (κ1) is 15.7. The van der Waals surface area contributed by atoms with Gasteiger partial charge in [0.05, 0.1) is 11.1 Å². The molecule has 0 saturated carbocycles. The molecule has 5 heteroatoms. The molecular formula is C14H17BrO4. The Hall–Kier alpha value is -1.36. The van der Waals surface area contributed by atoms with Crippen molar-refractivity contribution in [2.24, 2.45) is 0 Å². The van der Waals surface area contributed by atoms with Crippen LogP contribution in [-0.2, 0) is 4.79 Å². The number of hydrogen-bond acceptors (Lipinski definition) is 3. The standard InChI is InChI=1S/C14H17BrO4/c1-2-19-13-8-7-10(9-11(13)15)12(16)5-3-4-6-14(17)18/h7-9H,2-6H2,1H3,(H,17,18). The summed E-state index contributed by atoms with van der Waals surface area (Å²) in [6.45, 7) is 2.47. The van der Waals surface area contributed by atoms with Crippen molar-refractivity contribution in [3.8, 4) is 5.75 Å². The van der Waals surface area contributed by atoms with Gasteiger partial charge in [-0.2, -0.15) is 0 Å². The lowest BCUT2D eigenvalue weighted by Crippen LogP contribution is -2.01. The van der Waals surface area contributed by atoms with Crippen molar-refractivity contribution in [1.82, 2.24) is 0 Å². The molecule has 0 radical (unpaired) electrons. The highest BCUT2D eigenvalue weighted by molar-refractivity contribution is 9.10. The van der Waals surface area contributed by atoms with Gasteiger partial charge in [0.1, 0.15) is 5.75 Å². The molecule has 0 spiro atoms. The zero-order chi connectivity index (χ0) is 14.3. The van der Waals surface area contributed by atoms with Crippen LogP contribution >= 0.6 is 15.9 Å². The molecule has 1 aromatic rings. The lowest BCUT2D eigenvalue weighted by molar-refractivity contribution is -0.137. The third kappa shape index (κ3) is 5.42. The van der Waals surface area contributed by atoms with Gasteiger partial charge in [0, 0.05) is 18.4 Å². The molecule has 104 valence electrons. The molecule has 4 nitrogen and oxygen atoms in total. The average Bonchev–Trinajstić information content (AvgIpc) is 2.36. The van der Waals surface area contributed by atoms with Crippen LogP contribution in [0.2, 0.25) is 0 Å². The second kappa shape index (κ2) is 7.94. The highest BCUT2D eigenvalue weighted by atomic mass is 79.9. The molecule has 0 bridgehead atoms. The van der Waals surface area contributed by atoms with Gasteiger partial charge in [-0.05, 0) is 53.9 Å². The molecule has 0 aliphatic heterocycles. The van der Waals surface area contributed by atoms with E-state index < -0.39 is 5.97 Å². The van der Waals surface area contributed by atoms with Crippen molar-refractivity contribution in [3.05, 3.63) is 28.2 Å². The maximum atomic E-state index is 11.9. The number of halogens is 1. The van der Waals surface area contributed by atoms with Gasteiger partial charge in [0.2, 0.25) is 0 Å². The lowest BCUT2D eigenvalue weighted by atomic mass is 10.0. The maximum absolute atomic E-state index is 11.9. The summed E-state index contributed by atoms with van der Waals surface area (Å²) < 4.78 is 6.13. The smallest absolute Gasteiger partial charge is 0.303 e. The van der Waals surface area contributed by atoms with E-state index in [4.69, 9.17) is 9.84 Å². The largest absolute Gasteiger partial charge is 0.493 e. The molecule has 0 aromatic heterocycles. The van der Waals surface area contributed by atoms with Crippen molar-refractivity contribution < 1.29 is 19.4 Å². The Morgan fingerprint density at radius 1 is 1.26 bits per heavy atom. The van der Waals surface area contributed by atoms with Crippen molar-refractivity contribution >= 4 is 27.7 Å². The first-order chi connectivity index (χ1) is 9.04. The third-order valence-corrected chi connectivity index (χ3v) is 3.22. The Morgan fingerprint density at radius 3 is 2.53 bits per heavy atom. The van der Waals surface area contributed by atoms with Gasteiger partial charge < -0.3 is 9.84 Å². The number of aliphatic carboxylic acids is 1. The van der Waals surface area contributed by atoms with Gasteiger partial charge >= 0.3 is 5.97 Å². The predicted molar refractivity (Wildman–Crippen MR) is 75.7 cm³/mol. The minimum Gasteiger partial charge on any atom is -0.493 e. The Bertz CT molecular complexity index is 457. The fraction of sp³-hybridized carbons (Fsp3) is 0.429. The summed E-state index contributed by atoms with van der Waals surface area (Å²) in [5.74, 6) is -0.0877. The molecule has 1 aromatic carbocycles. The molecule has 1 N–H and O–H groups in total. The average molecular weight is 329 g/mol. The van der Waals surface area contributed by atoms with E-state index in [2.05, 4.69) is 15.9 Å². The van der Waals surface area contributed by atoms with Gasteiger partial charge in [0.15, 0.2) is 5.78 Å². The van der Waals surface area contributed by atoms with E-state index in [9.17, 15) is 9.59 Å².